The molecule has 1 aromatic carbocycles. The third kappa shape index (κ3) is 2.78. The van der Waals surface area contributed by atoms with E-state index in [-0.39, 0.29) is 17.7 Å². The van der Waals surface area contributed by atoms with Crippen LogP contribution in [0.3, 0.4) is 0 Å². The Morgan fingerprint density at radius 3 is 2.88 bits per heavy atom. The number of fused-ring (bicyclic) bond motifs is 1. The molecule has 5 nitrogen and oxygen atoms in total. The van der Waals surface area contributed by atoms with Crippen molar-refractivity contribution in [1.29, 1.82) is 0 Å². The molecule has 124 valence electrons. The molecule has 1 aromatic heterocycles. The molecule has 0 radical (unpaired) electrons. The molecule has 0 unspecified atom stereocenters. The average Bonchev–Trinajstić information content (AvgIpc) is 3.38. The summed E-state index contributed by atoms with van der Waals surface area (Å²) >= 11 is 1.35. The largest absolute Gasteiger partial charge is 0.490 e. The summed E-state index contributed by atoms with van der Waals surface area (Å²) in [4.78, 5) is 27.3. The van der Waals surface area contributed by atoms with E-state index in [1.54, 1.807) is 4.90 Å². The topological polar surface area (TPSA) is 58.6 Å². The van der Waals surface area contributed by atoms with Gasteiger partial charge in [0, 0.05) is 5.92 Å². The first-order chi connectivity index (χ1) is 11.6. The minimum Gasteiger partial charge on any atom is -0.490 e. The van der Waals surface area contributed by atoms with Crippen molar-refractivity contribution in [2.24, 2.45) is 5.92 Å². The lowest BCUT2D eigenvalue weighted by atomic mass is 10.2. The highest BCUT2D eigenvalue weighted by Gasteiger charge is 2.31. The highest BCUT2D eigenvalue weighted by Crippen LogP contribution is 2.36. The summed E-state index contributed by atoms with van der Waals surface area (Å²) in [5, 5.41) is 3.67. The van der Waals surface area contributed by atoms with E-state index in [0.717, 1.165) is 34.8 Å². The van der Waals surface area contributed by atoms with Gasteiger partial charge in [0.05, 0.1) is 22.1 Å². The Bertz CT molecular complexity index is 810. The van der Waals surface area contributed by atoms with E-state index in [0.29, 0.717) is 18.0 Å². The van der Waals surface area contributed by atoms with Gasteiger partial charge in [-0.05, 0) is 43.5 Å². The molecule has 0 atom stereocenters. The zero-order valence-electron chi connectivity index (χ0n) is 13.4. The molecule has 24 heavy (non-hydrogen) atoms. The molecular formula is C18H18N2O3S. The average molecular weight is 342 g/mol. The molecular weight excluding hydrogens is 324 g/mol. The van der Waals surface area contributed by atoms with Crippen LogP contribution in [-0.4, -0.2) is 25.0 Å². The molecule has 6 heteroatoms. The van der Waals surface area contributed by atoms with E-state index in [2.05, 4.69) is 5.32 Å². The van der Waals surface area contributed by atoms with Crippen LogP contribution >= 0.6 is 11.3 Å². The molecule has 2 amide bonds. The first kappa shape index (κ1) is 15.2. The molecule has 1 aliphatic heterocycles. The molecule has 2 heterocycles. The van der Waals surface area contributed by atoms with Gasteiger partial charge in [-0.3, -0.25) is 9.59 Å². The van der Waals surface area contributed by atoms with Gasteiger partial charge in [0.15, 0.2) is 0 Å². The van der Waals surface area contributed by atoms with Gasteiger partial charge in [-0.15, -0.1) is 11.3 Å². The third-order valence-corrected chi connectivity index (χ3v) is 5.42. The van der Waals surface area contributed by atoms with Gasteiger partial charge in [0.1, 0.15) is 12.4 Å². The number of thiophene rings is 1. The van der Waals surface area contributed by atoms with Crippen LogP contribution in [0.25, 0.3) is 0 Å². The van der Waals surface area contributed by atoms with Crippen LogP contribution in [0.5, 0.6) is 5.75 Å². The Morgan fingerprint density at radius 1 is 1.29 bits per heavy atom. The highest BCUT2D eigenvalue weighted by atomic mass is 32.1. The van der Waals surface area contributed by atoms with Crippen molar-refractivity contribution >= 4 is 33.8 Å². The molecule has 0 bridgehead atoms. The molecule has 2 aliphatic rings. The number of hydrogen-bond donors (Lipinski definition) is 1. The van der Waals surface area contributed by atoms with Crippen molar-refractivity contribution in [2.45, 2.75) is 19.8 Å². The second kappa shape index (κ2) is 5.94. The van der Waals surface area contributed by atoms with Crippen molar-refractivity contribution in [3.8, 4) is 5.75 Å². The summed E-state index contributed by atoms with van der Waals surface area (Å²) in [6.45, 7) is 2.91. The predicted molar refractivity (Wildman–Crippen MR) is 94.0 cm³/mol. The van der Waals surface area contributed by atoms with Crippen LogP contribution in [0.2, 0.25) is 0 Å². The number of nitrogens with zero attached hydrogens (tertiary/aromatic N) is 1. The lowest BCUT2D eigenvalue weighted by Gasteiger charge is -2.29. The lowest BCUT2D eigenvalue weighted by Crippen LogP contribution is -2.37. The van der Waals surface area contributed by atoms with Gasteiger partial charge < -0.3 is 15.0 Å². The second-order valence-corrected chi connectivity index (χ2v) is 7.21. The fourth-order valence-electron chi connectivity index (χ4n) is 2.83. The van der Waals surface area contributed by atoms with Crippen molar-refractivity contribution in [1.82, 2.24) is 0 Å². The minimum atomic E-state index is -0.0415. The number of anilines is 2. The first-order valence-corrected chi connectivity index (χ1v) is 8.90. The zero-order chi connectivity index (χ0) is 16.7. The van der Waals surface area contributed by atoms with Crippen molar-refractivity contribution in [3.63, 3.8) is 0 Å². The number of nitrogens with one attached hydrogen (secondary N) is 1. The summed E-state index contributed by atoms with van der Waals surface area (Å²) < 4.78 is 5.61. The number of ether oxygens (including phenoxy) is 1. The van der Waals surface area contributed by atoms with Crippen LogP contribution in [0.1, 0.15) is 28.1 Å². The Morgan fingerprint density at radius 2 is 2.08 bits per heavy atom. The fraction of sp³-hybridized carbons (Fsp3) is 0.333. The van der Waals surface area contributed by atoms with E-state index < -0.39 is 0 Å². The monoisotopic (exact) mass is 342 g/mol. The molecule has 4 rings (SSSR count). The van der Waals surface area contributed by atoms with Crippen LogP contribution in [0.15, 0.2) is 30.3 Å². The molecule has 1 aliphatic carbocycles. The third-order valence-electron chi connectivity index (χ3n) is 4.28. The highest BCUT2D eigenvalue weighted by molar-refractivity contribution is 7.18. The smallest absolute Gasteiger partial charge is 0.268 e. The lowest BCUT2D eigenvalue weighted by molar-refractivity contribution is -0.117. The number of carbonyl (C=O) groups is 2. The summed E-state index contributed by atoms with van der Waals surface area (Å²) in [6, 6.07) is 9.44. The number of benzene rings is 1. The summed E-state index contributed by atoms with van der Waals surface area (Å²) in [7, 11) is 0. The Hall–Kier alpha value is -2.34. The SMILES string of the molecule is Cc1cc(NC(=O)C2CC2)sc1C(=O)N1CCOc2ccccc21. The van der Waals surface area contributed by atoms with Crippen LogP contribution in [-0.2, 0) is 4.79 Å². The van der Waals surface area contributed by atoms with E-state index in [9.17, 15) is 9.59 Å². The van der Waals surface area contributed by atoms with Gasteiger partial charge in [-0.25, -0.2) is 0 Å². The maximum absolute atomic E-state index is 13.0. The van der Waals surface area contributed by atoms with Crippen molar-refractivity contribution in [2.75, 3.05) is 23.4 Å². The zero-order valence-corrected chi connectivity index (χ0v) is 14.2. The molecule has 2 aromatic rings. The van der Waals surface area contributed by atoms with Crippen molar-refractivity contribution in [3.05, 3.63) is 40.8 Å². The Labute approximate surface area is 144 Å². The Balaban J connectivity index is 1.59. The van der Waals surface area contributed by atoms with Gasteiger partial charge in [0.25, 0.3) is 5.91 Å². The van der Waals surface area contributed by atoms with E-state index >= 15 is 0 Å². The maximum atomic E-state index is 13.0. The molecule has 0 saturated heterocycles. The Kier molecular flexibility index (Phi) is 3.76. The number of rotatable bonds is 3. The summed E-state index contributed by atoms with van der Waals surface area (Å²) in [5.41, 5.74) is 1.69. The number of para-hydroxylation sites is 2. The molecule has 0 spiro atoms. The summed E-state index contributed by atoms with van der Waals surface area (Å²) in [6.07, 6.45) is 1.93. The standard InChI is InChI=1S/C18H18N2O3S/c1-11-10-15(19-17(21)12-6-7-12)24-16(11)18(22)20-8-9-23-14-5-3-2-4-13(14)20/h2-5,10,12H,6-9H2,1H3,(H,19,21). The predicted octanol–water partition coefficient (Wildman–Crippen LogP) is 3.44. The first-order valence-electron chi connectivity index (χ1n) is 8.08. The van der Waals surface area contributed by atoms with Crippen molar-refractivity contribution < 1.29 is 14.3 Å². The van der Waals surface area contributed by atoms with Gasteiger partial charge in [-0.2, -0.15) is 0 Å². The fourth-order valence-corrected chi connectivity index (χ4v) is 3.85. The van der Waals surface area contributed by atoms with Crippen LogP contribution in [0.4, 0.5) is 10.7 Å². The van der Waals surface area contributed by atoms with E-state index in [1.165, 1.54) is 11.3 Å². The van der Waals surface area contributed by atoms with Gasteiger partial charge in [0.2, 0.25) is 5.91 Å². The van der Waals surface area contributed by atoms with E-state index in [4.69, 9.17) is 4.74 Å². The van der Waals surface area contributed by atoms with Crippen LogP contribution in [0, 0.1) is 12.8 Å². The number of hydrogen-bond acceptors (Lipinski definition) is 4. The van der Waals surface area contributed by atoms with Gasteiger partial charge >= 0.3 is 0 Å². The minimum absolute atomic E-state index is 0.0415. The maximum Gasteiger partial charge on any atom is 0.268 e. The van der Waals surface area contributed by atoms with Gasteiger partial charge in [-0.1, -0.05) is 12.1 Å². The van der Waals surface area contributed by atoms with Crippen LogP contribution < -0.4 is 15.0 Å². The second-order valence-electron chi connectivity index (χ2n) is 6.16. The normalized spacial score (nSPS) is 16.3. The van der Waals surface area contributed by atoms with E-state index in [1.807, 2.05) is 37.3 Å². The quantitative estimate of drug-likeness (QED) is 0.929. The number of aryl methyl sites for hydroxylation is 1. The molecule has 1 saturated carbocycles. The molecule has 1 N–H and O–H groups in total. The summed E-state index contributed by atoms with van der Waals surface area (Å²) in [5.74, 6) is 0.901. The number of carbonyl (C=O) groups excluding carboxylic acids is 2. The number of amides is 2. The molecule has 1 fully saturated rings.